The van der Waals surface area contributed by atoms with Gasteiger partial charge in [-0.05, 0) is 54.1 Å². The zero-order chi connectivity index (χ0) is 29.8. The van der Waals surface area contributed by atoms with E-state index in [1.807, 2.05) is 0 Å². The number of carbonyl (C=O) groups excluding carboxylic acids is 2. The van der Waals surface area contributed by atoms with Crippen molar-refractivity contribution < 1.29 is 28.2 Å². The summed E-state index contributed by atoms with van der Waals surface area (Å²) in [6.45, 7) is 1.90. The van der Waals surface area contributed by atoms with Crippen LogP contribution in [0.4, 0.5) is 4.39 Å². The normalized spacial score (nSPS) is 18.7. The third-order valence-corrected chi connectivity index (χ3v) is 7.27. The summed E-state index contributed by atoms with van der Waals surface area (Å²) < 4.78 is 32.3. The standard InChI is InChI=1S/C28H30FN9O5/c1-41-23-9-6-19-13-24(23)42-12-11-37-14-21(31-34-37)17-43-25-16-36(15-22(25)30-28(19)40)26(39)3-2-10-38-33-27(32-35-38)18-4-7-20(29)8-5-18/h4-9,13-14,22,25H,2-3,10-12,15-17H2,1H3,(H,30,40)/t22-,25-/m0/s1. The molecule has 2 aliphatic heterocycles. The largest absolute Gasteiger partial charge is 0.493 e. The lowest BCUT2D eigenvalue weighted by Crippen LogP contribution is -2.44. The third kappa shape index (κ3) is 6.61. The van der Waals surface area contributed by atoms with Crippen LogP contribution in [0.1, 0.15) is 28.9 Å². The summed E-state index contributed by atoms with van der Waals surface area (Å²) in [7, 11) is 1.54. The van der Waals surface area contributed by atoms with Crippen molar-refractivity contribution >= 4 is 11.8 Å². The van der Waals surface area contributed by atoms with E-state index in [2.05, 4.69) is 31.0 Å². The Morgan fingerprint density at radius 3 is 2.79 bits per heavy atom. The van der Waals surface area contributed by atoms with Crippen molar-refractivity contribution in [2.75, 3.05) is 26.8 Å². The molecule has 15 heteroatoms. The van der Waals surface area contributed by atoms with E-state index in [4.69, 9.17) is 14.2 Å². The van der Waals surface area contributed by atoms with Crippen molar-refractivity contribution in [2.24, 2.45) is 0 Å². The maximum Gasteiger partial charge on any atom is 0.251 e. The van der Waals surface area contributed by atoms with E-state index in [9.17, 15) is 14.0 Å². The smallest absolute Gasteiger partial charge is 0.251 e. The first-order valence-corrected chi connectivity index (χ1v) is 13.9. The number of methoxy groups -OCH3 is 1. The molecule has 2 aliphatic rings. The van der Waals surface area contributed by atoms with E-state index in [0.717, 1.165) is 0 Å². The van der Waals surface area contributed by atoms with Gasteiger partial charge in [0.15, 0.2) is 11.5 Å². The number of nitrogens with one attached hydrogen (secondary N) is 1. The quantitative estimate of drug-likeness (QED) is 0.349. The first-order valence-electron chi connectivity index (χ1n) is 13.9. The van der Waals surface area contributed by atoms with E-state index in [0.29, 0.717) is 66.8 Å². The van der Waals surface area contributed by atoms with Gasteiger partial charge in [0.25, 0.3) is 5.91 Å². The lowest BCUT2D eigenvalue weighted by molar-refractivity contribution is -0.130. The number of tetrazole rings is 1. The topological polar surface area (TPSA) is 151 Å². The van der Waals surface area contributed by atoms with Gasteiger partial charge in [0.05, 0.1) is 45.1 Å². The molecule has 4 bridgehead atoms. The molecule has 0 unspecified atom stereocenters. The maximum absolute atomic E-state index is 13.3. The molecule has 0 radical (unpaired) electrons. The van der Waals surface area contributed by atoms with Gasteiger partial charge in [-0.15, -0.1) is 15.3 Å². The van der Waals surface area contributed by atoms with Gasteiger partial charge in [0, 0.05) is 30.6 Å². The predicted octanol–water partition coefficient (Wildman–Crippen LogP) is 1.48. The highest BCUT2D eigenvalue weighted by Crippen LogP contribution is 2.28. The average molecular weight is 592 g/mol. The number of ether oxygens (including phenoxy) is 3. The van der Waals surface area contributed by atoms with Crippen LogP contribution in [0.3, 0.4) is 0 Å². The van der Waals surface area contributed by atoms with Gasteiger partial charge < -0.3 is 24.4 Å². The fourth-order valence-electron chi connectivity index (χ4n) is 5.01. The number of rotatable bonds is 6. The molecule has 43 heavy (non-hydrogen) atoms. The molecule has 2 atom stereocenters. The number of amides is 2. The van der Waals surface area contributed by atoms with Crippen LogP contribution in [-0.2, 0) is 29.2 Å². The third-order valence-electron chi connectivity index (χ3n) is 7.27. The van der Waals surface area contributed by atoms with Crippen LogP contribution in [0.15, 0.2) is 48.7 Å². The van der Waals surface area contributed by atoms with Gasteiger partial charge in [0.1, 0.15) is 18.1 Å². The van der Waals surface area contributed by atoms with Crippen molar-refractivity contribution in [2.45, 2.75) is 44.7 Å². The molecule has 1 N–H and O–H groups in total. The molecule has 224 valence electrons. The Morgan fingerprint density at radius 1 is 1.12 bits per heavy atom. The number of hydrogen-bond acceptors (Lipinski definition) is 10. The zero-order valence-electron chi connectivity index (χ0n) is 23.4. The Hall–Kier alpha value is -4.92. The van der Waals surface area contributed by atoms with Crippen molar-refractivity contribution in [1.29, 1.82) is 0 Å². The number of carbonyl (C=O) groups is 2. The van der Waals surface area contributed by atoms with Crippen LogP contribution in [-0.4, -0.2) is 90.9 Å². The predicted molar refractivity (Wildman–Crippen MR) is 147 cm³/mol. The summed E-state index contributed by atoms with van der Waals surface area (Å²) in [6.07, 6.45) is 2.05. The molecule has 2 aromatic carbocycles. The Kier molecular flexibility index (Phi) is 8.22. The van der Waals surface area contributed by atoms with Gasteiger partial charge in [-0.25, -0.2) is 9.07 Å². The van der Waals surface area contributed by atoms with Gasteiger partial charge in [-0.2, -0.15) is 4.80 Å². The second kappa shape index (κ2) is 12.5. The van der Waals surface area contributed by atoms with Crippen molar-refractivity contribution in [1.82, 2.24) is 45.4 Å². The second-order valence-corrected chi connectivity index (χ2v) is 10.2. The van der Waals surface area contributed by atoms with Crippen LogP contribution in [0.2, 0.25) is 0 Å². The minimum atomic E-state index is -0.451. The Balaban J connectivity index is 1.11. The van der Waals surface area contributed by atoms with Crippen LogP contribution in [0.5, 0.6) is 11.5 Å². The molecule has 0 aliphatic carbocycles. The fourth-order valence-corrected chi connectivity index (χ4v) is 5.01. The fraction of sp³-hybridized carbons (Fsp3) is 0.393. The van der Waals surface area contributed by atoms with Gasteiger partial charge >= 0.3 is 0 Å². The molecule has 6 rings (SSSR count). The van der Waals surface area contributed by atoms with E-state index in [1.54, 1.807) is 46.1 Å². The molecule has 14 nitrogen and oxygen atoms in total. The monoisotopic (exact) mass is 591 g/mol. The van der Waals surface area contributed by atoms with Crippen molar-refractivity contribution in [3.8, 4) is 22.9 Å². The molecule has 2 aromatic heterocycles. The Morgan fingerprint density at radius 2 is 1.95 bits per heavy atom. The SMILES string of the molecule is COc1ccc2cc1OCCn1cc(nn1)CO[C@H]1CN(C(=O)CCCn3nnc(-c4ccc(F)cc4)n3)C[C@@H]1NC2=O. The van der Waals surface area contributed by atoms with Crippen LogP contribution in [0, 0.1) is 5.82 Å². The molecule has 2 amide bonds. The molecule has 4 aromatic rings. The number of aryl methyl sites for hydroxylation is 1. The zero-order valence-corrected chi connectivity index (χ0v) is 23.4. The molecule has 1 saturated heterocycles. The first-order chi connectivity index (χ1) is 20.9. The number of likely N-dealkylation sites (tertiary alicyclic amines) is 1. The number of nitrogens with zero attached hydrogens (tertiary/aromatic N) is 8. The molecular weight excluding hydrogens is 561 g/mol. The van der Waals surface area contributed by atoms with Crippen LogP contribution in [0.25, 0.3) is 11.4 Å². The summed E-state index contributed by atoms with van der Waals surface area (Å²) in [5.41, 5.74) is 1.68. The number of aromatic nitrogens is 7. The average Bonchev–Trinajstić information content (AvgIpc) is 3.76. The summed E-state index contributed by atoms with van der Waals surface area (Å²) in [4.78, 5) is 29.5. The Bertz CT molecular complexity index is 1590. The lowest BCUT2D eigenvalue weighted by atomic mass is 10.1. The molecule has 0 saturated carbocycles. The summed E-state index contributed by atoms with van der Waals surface area (Å²) in [5.74, 6) is 0.590. The summed E-state index contributed by atoms with van der Waals surface area (Å²) >= 11 is 0. The lowest BCUT2D eigenvalue weighted by Gasteiger charge is -2.20. The minimum absolute atomic E-state index is 0.0790. The molecule has 4 heterocycles. The van der Waals surface area contributed by atoms with E-state index in [1.165, 1.54) is 24.0 Å². The number of fused-ring (bicyclic) bond motifs is 5. The van der Waals surface area contributed by atoms with E-state index < -0.39 is 12.1 Å². The van der Waals surface area contributed by atoms with Crippen LogP contribution >= 0.6 is 0 Å². The first kappa shape index (κ1) is 28.2. The maximum atomic E-state index is 13.3. The van der Waals surface area contributed by atoms with E-state index in [-0.39, 0.29) is 37.2 Å². The highest BCUT2D eigenvalue weighted by Gasteiger charge is 2.37. The van der Waals surface area contributed by atoms with Crippen molar-refractivity contribution in [3.05, 3.63) is 65.7 Å². The number of benzene rings is 2. The van der Waals surface area contributed by atoms with Gasteiger partial charge in [0.2, 0.25) is 11.7 Å². The van der Waals surface area contributed by atoms with Crippen LogP contribution < -0.4 is 14.8 Å². The summed E-state index contributed by atoms with van der Waals surface area (Å²) in [6, 6.07) is 10.4. The van der Waals surface area contributed by atoms with E-state index >= 15 is 0 Å². The van der Waals surface area contributed by atoms with Gasteiger partial charge in [-0.1, -0.05) is 5.21 Å². The molecule has 1 fully saturated rings. The highest BCUT2D eigenvalue weighted by atomic mass is 19.1. The second-order valence-electron chi connectivity index (χ2n) is 10.2. The summed E-state index contributed by atoms with van der Waals surface area (Å²) in [5, 5.41) is 23.7. The molecular formula is C28H30FN9O5. The molecule has 0 spiro atoms. The minimum Gasteiger partial charge on any atom is -0.493 e. The van der Waals surface area contributed by atoms with Crippen molar-refractivity contribution in [3.63, 3.8) is 0 Å². The number of halogens is 1. The highest BCUT2D eigenvalue weighted by molar-refractivity contribution is 5.95. The van der Waals surface area contributed by atoms with Gasteiger partial charge in [-0.3, -0.25) is 9.59 Å². The Labute approximate surface area is 245 Å². The number of hydrogen-bond donors (Lipinski definition) is 1.